The Morgan fingerprint density at radius 2 is 1.23 bits per heavy atom. The highest BCUT2D eigenvalue weighted by Crippen LogP contribution is 2.21. The van der Waals surface area contributed by atoms with Crippen LogP contribution in [0.1, 0.15) is 16.7 Å². The quantitative estimate of drug-likeness (QED) is 0.474. The van der Waals surface area contributed by atoms with Crippen molar-refractivity contribution < 1.29 is 0 Å². The van der Waals surface area contributed by atoms with Gasteiger partial charge in [-0.3, -0.25) is 0 Å². The summed E-state index contributed by atoms with van der Waals surface area (Å²) in [5.74, 6) is 0. The van der Waals surface area contributed by atoms with Gasteiger partial charge in [0.15, 0.2) is 0 Å². The SMILES string of the molecule is Cc1ccc(Cl)cc1C.Cc1ccccc1-c1ccccc1. The topological polar surface area (TPSA) is 0 Å². The molecule has 0 saturated heterocycles. The van der Waals surface area contributed by atoms with Crippen molar-refractivity contribution in [2.75, 3.05) is 0 Å². The van der Waals surface area contributed by atoms with Crippen molar-refractivity contribution in [1.29, 1.82) is 0 Å². The first-order chi connectivity index (χ1) is 10.6. The van der Waals surface area contributed by atoms with Gasteiger partial charge >= 0.3 is 0 Å². The van der Waals surface area contributed by atoms with Crippen LogP contribution < -0.4 is 0 Å². The molecule has 1 heteroatoms. The second kappa shape index (κ2) is 7.82. The molecule has 3 aromatic rings. The summed E-state index contributed by atoms with van der Waals surface area (Å²) in [5.41, 5.74) is 6.49. The van der Waals surface area contributed by atoms with E-state index in [0.717, 1.165) is 5.02 Å². The molecule has 0 radical (unpaired) electrons. The van der Waals surface area contributed by atoms with Gasteiger partial charge in [0.1, 0.15) is 0 Å². The van der Waals surface area contributed by atoms with E-state index >= 15 is 0 Å². The molecule has 0 N–H and O–H groups in total. The number of halogens is 1. The van der Waals surface area contributed by atoms with E-state index in [0.29, 0.717) is 0 Å². The van der Waals surface area contributed by atoms with E-state index in [9.17, 15) is 0 Å². The zero-order valence-corrected chi connectivity index (χ0v) is 14.1. The van der Waals surface area contributed by atoms with E-state index in [1.54, 1.807) is 0 Å². The van der Waals surface area contributed by atoms with Gasteiger partial charge in [0, 0.05) is 5.02 Å². The third kappa shape index (κ3) is 4.47. The highest BCUT2D eigenvalue weighted by Gasteiger charge is 1.97. The molecule has 0 atom stereocenters. The lowest BCUT2D eigenvalue weighted by atomic mass is 10.0. The highest BCUT2D eigenvalue weighted by atomic mass is 35.5. The summed E-state index contributed by atoms with van der Waals surface area (Å²) in [6.45, 7) is 6.27. The van der Waals surface area contributed by atoms with Crippen LogP contribution in [0.3, 0.4) is 0 Å². The van der Waals surface area contributed by atoms with Gasteiger partial charge in [0.05, 0.1) is 0 Å². The van der Waals surface area contributed by atoms with Gasteiger partial charge in [-0.1, -0.05) is 72.3 Å². The molecule has 0 bridgehead atoms. The molecule has 0 aromatic heterocycles. The summed E-state index contributed by atoms with van der Waals surface area (Å²) < 4.78 is 0. The van der Waals surface area contributed by atoms with E-state index in [1.807, 2.05) is 24.3 Å². The van der Waals surface area contributed by atoms with E-state index in [2.05, 4.69) is 69.3 Å². The Hall–Kier alpha value is -2.05. The highest BCUT2D eigenvalue weighted by molar-refractivity contribution is 6.30. The monoisotopic (exact) mass is 308 g/mol. The van der Waals surface area contributed by atoms with E-state index in [4.69, 9.17) is 11.6 Å². The van der Waals surface area contributed by atoms with Crippen LogP contribution in [-0.4, -0.2) is 0 Å². The lowest BCUT2D eigenvalue weighted by molar-refractivity contribution is 1.34. The Bertz CT molecular complexity index is 730. The van der Waals surface area contributed by atoms with Crippen LogP contribution in [0.5, 0.6) is 0 Å². The van der Waals surface area contributed by atoms with Crippen LogP contribution in [0.15, 0.2) is 72.8 Å². The van der Waals surface area contributed by atoms with Crippen LogP contribution in [0, 0.1) is 20.8 Å². The summed E-state index contributed by atoms with van der Waals surface area (Å²) in [7, 11) is 0. The van der Waals surface area contributed by atoms with Crippen molar-refractivity contribution in [2.24, 2.45) is 0 Å². The molecule has 0 saturated carbocycles. The van der Waals surface area contributed by atoms with Gasteiger partial charge in [-0.15, -0.1) is 0 Å². The van der Waals surface area contributed by atoms with Crippen LogP contribution >= 0.6 is 11.6 Å². The first kappa shape index (κ1) is 16.3. The van der Waals surface area contributed by atoms with E-state index in [1.165, 1.54) is 27.8 Å². The Morgan fingerprint density at radius 3 is 1.82 bits per heavy atom. The van der Waals surface area contributed by atoms with Crippen LogP contribution in [0.25, 0.3) is 11.1 Å². The van der Waals surface area contributed by atoms with Gasteiger partial charge in [0.25, 0.3) is 0 Å². The molecule has 0 amide bonds. The first-order valence-corrected chi connectivity index (χ1v) is 7.79. The molecule has 0 nitrogen and oxygen atoms in total. The molecular formula is C21H21Cl. The van der Waals surface area contributed by atoms with Crippen molar-refractivity contribution in [1.82, 2.24) is 0 Å². The fourth-order valence-electron chi connectivity index (χ4n) is 2.22. The summed E-state index contributed by atoms with van der Waals surface area (Å²) in [4.78, 5) is 0. The summed E-state index contributed by atoms with van der Waals surface area (Å²) in [6, 6.07) is 24.8. The minimum atomic E-state index is 0.818. The molecule has 3 rings (SSSR count). The average Bonchev–Trinajstić information content (AvgIpc) is 2.53. The fourth-order valence-corrected chi connectivity index (χ4v) is 2.45. The molecule has 0 heterocycles. The smallest absolute Gasteiger partial charge is 0.0408 e. The van der Waals surface area contributed by atoms with Gasteiger partial charge in [-0.2, -0.15) is 0 Å². The maximum atomic E-state index is 5.72. The minimum absolute atomic E-state index is 0.818. The van der Waals surface area contributed by atoms with Crippen molar-refractivity contribution in [3.63, 3.8) is 0 Å². The number of benzene rings is 3. The van der Waals surface area contributed by atoms with Crippen molar-refractivity contribution in [3.05, 3.63) is 94.5 Å². The minimum Gasteiger partial charge on any atom is -0.0843 e. The maximum Gasteiger partial charge on any atom is 0.0408 e. The molecule has 22 heavy (non-hydrogen) atoms. The van der Waals surface area contributed by atoms with Crippen LogP contribution in [-0.2, 0) is 0 Å². The van der Waals surface area contributed by atoms with Gasteiger partial charge in [0.2, 0.25) is 0 Å². The molecule has 3 aromatic carbocycles. The Labute approximate surface area is 138 Å². The average molecular weight is 309 g/mol. The van der Waals surface area contributed by atoms with Crippen molar-refractivity contribution >= 4 is 11.6 Å². The third-order valence-electron chi connectivity index (χ3n) is 3.70. The molecule has 0 aliphatic heterocycles. The second-order valence-corrected chi connectivity index (χ2v) is 5.85. The summed E-state index contributed by atoms with van der Waals surface area (Å²) >= 11 is 5.72. The predicted molar refractivity (Wildman–Crippen MR) is 97.5 cm³/mol. The zero-order chi connectivity index (χ0) is 15.9. The zero-order valence-electron chi connectivity index (χ0n) is 13.3. The second-order valence-electron chi connectivity index (χ2n) is 5.41. The summed E-state index contributed by atoms with van der Waals surface area (Å²) in [5, 5.41) is 0.818. The fraction of sp³-hybridized carbons (Fsp3) is 0.143. The number of hydrogen-bond donors (Lipinski definition) is 0. The molecule has 0 aliphatic rings. The Kier molecular flexibility index (Phi) is 5.80. The van der Waals surface area contributed by atoms with Crippen molar-refractivity contribution in [2.45, 2.75) is 20.8 Å². The van der Waals surface area contributed by atoms with Crippen LogP contribution in [0.2, 0.25) is 5.02 Å². The van der Waals surface area contributed by atoms with Gasteiger partial charge in [-0.05, 0) is 60.7 Å². The van der Waals surface area contributed by atoms with E-state index < -0.39 is 0 Å². The standard InChI is InChI=1S/C13H12.C8H9Cl/c1-11-7-5-6-10-13(11)12-8-3-2-4-9-12;1-6-3-4-8(9)5-7(6)2/h2-10H,1H3;3-5H,1-2H3. The van der Waals surface area contributed by atoms with Gasteiger partial charge < -0.3 is 0 Å². The molecular weight excluding hydrogens is 288 g/mol. The predicted octanol–water partition coefficient (Wildman–Crippen LogP) is 6.62. The third-order valence-corrected chi connectivity index (χ3v) is 3.93. The Balaban J connectivity index is 0.000000172. The largest absolute Gasteiger partial charge is 0.0843 e. The first-order valence-electron chi connectivity index (χ1n) is 7.42. The maximum absolute atomic E-state index is 5.72. The number of rotatable bonds is 1. The molecule has 0 spiro atoms. The van der Waals surface area contributed by atoms with E-state index in [-0.39, 0.29) is 0 Å². The summed E-state index contributed by atoms with van der Waals surface area (Å²) in [6.07, 6.45) is 0. The van der Waals surface area contributed by atoms with Gasteiger partial charge in [-0.25, -0.2) is 0 Å². The lowest BCUT2D eigenvalue weighted by Gasteiger charge is -2.04. The van der Waals surface area contributed by atoms with Crippen molar-refractivity contribution in [3.8, 4) is 11.1 Å². The number of hydrogen-bond acceptors (Lipinski definition) is 0. The normalized spacial score (nSPS) is 9.82. The molecule has 112 valence electrons. The molecule has 0 aliphatic carbocycles. The lowest BCUT2D eigenvalue weighted by Crippen LogP contribution is -1.80. The Morgan fingerprint density at radius 1 is 0.591 bits per heavy atom. The molecule has 0 fully saturated rings. The molecule has 0 unspecified atom stereocenters. The van der Waals surface area contributed by atoms with Crippen LogP contribution in [0.4, 0.5) is 0 Å². The number of aryl methyl sites for hydroxylation is 3.